The molecule has 0 aliphatic rings. The largest absolute Gasteiger partial charge is 0.368 e. The molecule has 0 saturated heterocycles. The number of fused-ring (bicyclic) bond motifs is 1. The van der Waals surface area contributed by atoms with Crippen molar-refractivity contribution in [2.45, 2.75) is 13.3 Å². The van der Waals surface area contributed by atoms with Crippen molar-refractivity contribution in [3.05, 3.63) is 30.5 Å². The molecule has 90 valence electrons. The van der Waals surface area contributed by atoms with Crippen LogP contribution in [0.2, 0.25) is 0 Å². The first-order valence-electron chi connectivity index (χ1n) is 6.07. The zero-order chi connectivity index (χ0) is 11.9. The molecule has 2 N–H and O–H groups in total. The Morgan fingerprint density at radius 1 is 1.18 bits per heavy atom. The molecule has 0 unspecified atom stereocenters. The van der Waals surface area contributed by atoms with E-state index in [1.807, 2.05) is 18.2 Å². The average molecular weight is 230 g/mol. The topological polar surface area (TPSA) is 49.8 Å². The van der Waals surface area contributed by atoms with Crippen LogP contribution in [-0.4, -0.2) is 29.8 Å². The van der Waals surface area contributed by atoms with Crippen LogP contribution in [0.1, 0.15) is 13.3 Å². The number of rotatable bonds is 6. The van der Waals surface area contributed by atoms with Gasteiger partial charge in [-0.1, -0.05) is 31.2 Å². The van der Waals surface area contributed by atoms with Gasteiger partial charge in [0.15, 0.2) is 5.82 Å². The molecule has 4 heteroatoms. The van der Waals surface area contributed by atoms with Gasteiger partial charge < -0.3 is 10.6 Å². The van der Waals surface area contributed by atoms with Crippen LogP contribution in [0.3, 0.4) is 0 Å². The van der Waals surface area contributed by atoms with E-state index in [4.69, 9.17) is 0 Å². The molecule has 0 bridgehead atoms. The van der Waals surface area contributed by atoms with E-state index in [1.165, 1.54) is 0 Å². The van der Waals surface area contributed by atoms with E-state index in [9.17, 15) is 0 Å². The highest BCUT2D eigenvalue weighted by Crippen LogP contribution is 2.18. The van der Waals surface area contributed by atoms with Crippen molar-refractivity contribution in [1.29, 1.82) is 0 Å². The summed E-state index contributed by atoms with van der Waals surface area (Å²) in [6.07, 6.45) is 2.87. The van der Waals surface area contributed by atoms with E-state index in [1.54, 1.807) is 6.20 Å². The first-order valence-corrected chi connectivity index (χ1v) is 6.07. The molecule has 0 saturated carbocycles. The molecule has 2 aromatic rings. The van der Waals surface area contributed by atoms with E-state index >= 15 is 0 Å². The van der Waals surface area contributed by atoms with Gasteiger partial charge in [0.05, 0.1) is 6.20 Å². The van der Waals surface area contributed by atoms with Crippen molar-refractivity contribution in [3.8, 4) is 0 Å². The van der Waals surface area contributed by atoms with E-state index in [2.05, 4.69) is 33.8 Å². The Balaban J connectivity index is 1.98. The summed E-state index contributed by atoms with van der Waals surface area (Å²) >= 11 is 0. The highest BCUT2D eigenvalue weighted by atomic mass is 15.2. The van der Waals surface area contributed by atoms with Crippen LogP contribution in [-0.2, 0) is 0 Å². The predicted molar refractivity (Wildman–Crippen MR) is 71.2 cm³/mol. The molecular formula is C13H18N4. The Morgan fingerprint density at radius 2 is 2.06 bits per heavy atom. The maximum Gasteiger partial charge on any atom is 0.156 e. The number of anilines is 1. The molecule has 0 aliphatic heterocycles. The summed E-state index contributed by atoms with van der Waals surface area (Å²) < 4.78 is 0. The first kappa shape index (κ1) is 11.8. The monoisotopic (exact) mass is 230 g/mol. The van der Waals surface area contributed by atoms with Crippen LogP contribution in [0.4, 0.5) is 5.82 Å². The normalized spacial score (nSPS) is 10.6. The summed E-state index contributed by atoms with van der Waals surface area (Å²) in [7, 11) is 0. The van der Waals surface area contributed by atoms with Crippen molar-refractivity contribution in [1.82, 2.24) is 15.5 Å². The van der Waals surface area contributed by atoms with Gasteiger partial charge in [0.2, 0.25) is 0 Å². The van der Waals surface area contributed by atoms with Crippen molar-refractivity contribution < 1.29 is 0 Å². The smallest absolute Gasteiger partial charge is 0.156 e. The predicted octanol–water partition coefficient (Wildman–Crippen LogP) is 2.04. The van der Waals surface area contributed by atoms with Crippen LogP contribution in [0.15, 0.2) is 30.5 Å². The van der Waals surface area contributed by atoms with Crippen LogP contribution in [0.5, 0.6) is 0 Å². The summed E-state index contributed by atoms with van der Waals surface area (Å²) in [5, 5.41) is 17.0. The number of aromatic nitrogens is 2. The number of hydrogen-bond acceptors (Lipinski definition) is 4. The maximum atomic E-state index is 4.14. The molecule has 0 radical (unpaired) electrons. The maximum absolute atomic E-state index is 4.14. The molecule has 2 rings (SSSR count). The summed E-state index contributed by atoms with van der Waals surface area (Å²) in [4.78, 5) is 0. The molecule has 0 fully saturated rings. The summed E-state index contributed by atoms with van der Waals surface area (Å²) in [6.45, 7) is 5.08. The lowest BCUT2D eigenvalue weighted by atomic mass is 10.2. The highest BCUT2D eigenvalue weighted by Gasteiger charge is 2.01. The molecule has 17 heavy (non-hydrogen) atoms. The summed E-state index contributed by atoms with van der Waals surface area (Å²) in [6, 6.07) is 8.15. The Labute approximate surface area is 101 Å². The third kappa shape index (κ3) is 3.14. The zero-order valence-electron chi connectivity index (χ0n) is 10.1. The van der Waals surface area contributed by atoms with Crippen molar-refractivity contribution in [3.63, 3.8) is 0 Å². The standard InChI is InChI=1S/C13H18N4/c1-2-14-8-5-9-15-13-12-7-4-3-6-11(12)10-16-17-13/h3-4,6-7,10,14H,2,5,8-9H2,1H3,(H,15,17). The second-order valence-corrected chi connectivity index (χ2v) is 3.91. The Bertz CT molecular complexity index is 464. The quantitative estimate of drug-likeness (QED) is 0.746. The van der Waals surface area contributed by atoms with Gasteiger partial charge in [-0.25, -0.2) is 0 Å². The van der Waals surface area contributed by atoms with Crippen molar-refractivity contribution in [2.24, 2.45) is 0 Å². The number of hydrogen-bond donors (Lipinski definition) is 2. The molecule has 1 heterocycles. The van der Waals surface area contributed by atoms with Crippen LogP contribution < -0.4 is 10.6 Å². The van der Waals surface area contributed by atoms with E-state index in [-0.39, 0.29) is 0 Å². The van der Waals surface area contributed by atoms with E-state index < -0.39 is 0 Å². The third-order valence-corrected chi connectivity index (χ3v) is 2.64. The van der Waals surface area contributed by atoms with Crippen molar-refractivity contribution in [2.75, 3.05) is 25.0 Å². The van der Waals surface area contributed by atoms with Crippen LogP contribution in [0.25, 0.3) is 10.8 Å². The lowest BCUT2D eigenvalue weighted by Gasteiger charge is -2.07. The van der Waals surface area contributed by atoms with Gasteiger partial charge in [-0.3, -0.25) is 0 Å². The number of nitrogens with zero attached hydrogens (tertiary/aromatic N) is 2. The van der Waals surface area contributed by atoms with Gasteiger partial charge >= 0.3 is 0 Å². The highest BCUT2D eigenvalue weighted by molar-refractivity contribution is 5.90. The second-order valence-electron chi connectivity index (χ2n) is 3.91. The number of benzene rings is 1. The molecule has 0 spiro atoms. The van der Waals surface area contributed by atoms with Crippen LogP contribution in [0, 0.1) is 0 Å². The van der Waals surface area contributed by atoms with Gasteiger partial charge in [0.1, 0.15) is 0 Å². The molecule has 0 aliphatic carbocycles. The van der Waals surface area contributed by atoms with Gasteiger partial charge in [0, 0.05) is 17.3 Å². The lowest BCUT2D eigenvalue weighted by Crippen LogP contribution is -2.17. The second kappa shape index (κ2) is 6.15. The third-order valence-electron chi connectivity index (χ3n) is 2.64. The van der Waals surface area contributed by atoms with Gasteiger partial charge in [-0.05, 0) is 19.5 Å². The van der Waals surface area contributed by atoms with E-state index in [0.717, 1.165) is 42.6 Å². The molecule has 0 atom stereocenters. The van der Waals surface area contributed by atoms with Gasteiger partial charge in [-0.15, -0.1) is 5.10 Å². The minimum Gasteiger partial charge on any atom is -0.368 e. The fraction of sp³-hybridized carbons (Fsp3) is 0.385. The van der Waals surface area contributed by atoms with Crippen LogP contribution >= 0.6 is 0 Å². The molecule has 1 aromatic heterocycles. The summed E-state index contributed by atoms with van der Waals surface area (Å²) in [5.41, 5.74) is 0. The Hall–Kier alpha value is -1.68. The average Bonchev–Trinajstić information content (AvgIpc) is 2.39. The molecular weight excluding hydrogens is 212 g/mol. The number of nitrogens with one attached hydrogen (secondary N) is 2. The minimum atomic E-state index is 0.875. The minimum absolute atomic E-state index is 0.875. The summed E-state index contributed by atoms with van der Waals surface area (Å²) in [5.74, 6) is 0.875. The van der Waals surface area contributed by atoms with Gasteiger partial charge in [0.25, 0.3) is 0 Å². The van der Waals surface area contributed by atoms with Gasteiger partial charge in [-0.2, -0.15) is 5.10 Å². The first-order chi connectivity index (χ1) is 8.42. The zero-order valence-corrected chi connectivity index (χ0v) is 10.1. The fourth-order valence-electron chi connectivity index (χ4n) is 1.76. The Kier molecular flexibility index (Phi) is 4.27. The SMILES string of the molecule is CCNCCCNc1nncc2ccccc12. The van der Waals surface area contributed by atoms with Crippen molar-refractivity contribution >= 4 is 16.6 Å². The van der Waals surface area contributed by atoms with E-state index in [0.29, 0.717) is 0 Å². The fourth-order valence-corrected chi connectivity index (χ4v) is 1.76. The lowest BCUT2D eigenvalue weighted by molar-refractivity contribution is 0.688. The Morgan fingerprint density at radius 3 is 2.94 bits per heavy atom. The molecule has 0 amide bonds. The molecule has 4 nitrogen and oxygen atoms in total. The molecule has 1 aromatic carbocycles.